The molecule has 0 unspecified atom stereocenters. The normalized spacial score (nSPS) is 39.2. The monoisotopic (exact) mass is 229 g/mol. The Kier molecular flexibility index (Phi) is 1.83. The molecule has 4 nitrogen and oxygen atoms in total. The lowest BCUT2D eigenvalue weighted by Crippen LogP contribution is -2.49. The van der Waals surface area contributed by atoms with Gasteiger partial charge in [0, 0.05) is 19.0 Å². The minimum absolute atomic E-state index is 0.0631. The van der Waals surface area contributed by atoms with Gasteiger partial charge in [0.15, 0.2) is 11.4 Å². The minimum Gasteiger partial charge on any atom is -0.489 e. The lowest BCUT2D eigenvalue weighted by atomic mass is 9.89. The molecule has 1 amide bonds. The molecule has 0 aromatic carbocycles. The van der Waals surface area contributed by atoms with Gasteiger partial charge in [-0.05, 0) is 12.8 Å². The Bertz CT molecular complexity index is 368. The zero-order chi connectivity index (χ0) is 10.6. The summed E-state index contributed by atoms with van der Waals surface area (Å²) in [6.07, 6.45) is 2.50. The summed E-state index contributed by atoms with van der Waals surface area (Å²) >= 11 is 5.93. The SMILES string of the molecule is O=C1C(Cl)=C2OC[C@]2(O)C[C@H]2CCCN12. The van der Waals surface area contributed by atoms with Crippen molar-refractivity contribution in [3.63, 3.8) is 0 Å². The van der Waals surface area contributed by atoms with Crippen LogP contribution < -0.4 is 0 Å². The van der Waals surface area contributed by atoms with E-state index in [0.717, 1.165) is 19.4 Å². The van der Waals surface area contributed by atoms with Gasteiger partial charge in [-0.2, -0.15) is 0 Å². The first-order chi connectivity index (χ1) is 7.12. The molecule has 82 valence electrons. The molecule has 0 saturated carbocycles. The van der Waals surface area contributed by atoms with Crippen molar-refractivity contribution in [1.82, 2.24) is 4.90 Å². The minimum atomic E-state index is -0.990. The molecule has 3 rings (SSSR count). The molecule has 0 radical (unpaired) electrons. The third-order valence-electron chi connectivity index (χ3n) is 3.48. The maximum absolute atomic E-state index is 11.9. The number of hydrogen-bond acceptors (Lipinski definition) is 3. The highest BCUT2D eigenvalue weighted by atomic mass is 35.5. The van der Waals surface area contributed by atoms with E-state index >= 15 is 0 Å². The molecule has 3 aliphatic heterocycles. The average molecular weight is 230 g/mol. The Labute approximate surface area is 92.4 Å². The number of hydrogen-bond donors (Lipinski definition) is 1. The summed E-state index contributed by atoms with van der Waals surface area (Å²) in [6, 6.07) is 0.123. The van der Waals surface area contributed by atoms with Crippen molar-refractivity contribution in [2.24, 2.45) is 0 Å². The standard InChI is InChI=1S/C10H12ClNO3/c11-7-8-10(14,5-15-8)4-6-2-1-3-12(6)9(7)13/h6,14H,1-5H2/t6-,10-/m1/s1. The van der Waals surface area contributed by atoms with Crippen molar-refractivity contribution in [1.29, 1.82) is 0 Å². The second kappa shape index (κ2) is 2.89. The molecule has 0 aromatic rings. The Balaban J connectivity index is 2.03. The van der Waals surface area contributed by atoms with Gasteiger partial charge in [0.25, 0.3) is 5.91 Å². The summed E-state index contributed by atoms with van der Waals surface area (Å²) in [5, 5.41) is 10.3. The molecule has 15 heavy (non-hydrogen) atoms. The number of halogens is 1. The van der Waals surface area contributed by atoms with E-state index in [9.17, 15) is 9.90 Å². The van der Waals surface area contributed by atoms with E-state index < -0.39 is 5.60 Å². The first-order valence-electron chi connectivity index (χ1n) is 5.18. The first kappa shape index (κ1) is 9.48. The van der Waals surface area contributed by atoms with Crippen molar-refractivity contribution in [2.45, 2.75) is 30.9 Å². The topological polar surface area (TPSA) is 49.8 Å². The number of amides is 1. The quantitative estimate of drug-likeness (QED) is 0.662. The van der Waals surface area contributed by atoms with Crippen LogP contribution in [0.15, 0.2) is 10.8 Å². The largest absolute Gasteiger partial charge is 0.489 e. The Morgan fingerprint density at radius 3 is 3.07 bits per heavy atom. The van der Waals surface area contributed by atoms with Crippen LogP contribution in [-0.2, 0) is 9.53 Å². The summed E-state index contributed by atoms with van der Waals surface area (Å²) in [6.45, 7) is 0.999. The number of rotatable bonds is 0. The van der Waals surface area contributed by atoms with Crippen molar-refractivity contribution in [3.05, 3.63) is 10.8 Å². The molecule has 3 heterocycles. The second-order valence-electron chi connectivity index (χ2n) is 4.46. The van der Waals surface area contributed by atoms with Gasteiger partial charge in [0.1, 0.15) is 11.6 Å². The lowest BCUT2D eigenvalue weighted by Gasteiger charge is -2.40. The summed E-state index contributed by atoms with van der Waals surface area (Å²) in [5.41, 5.74) is -0.990. The van der Waals surface area contributed by atoms with Gasteiger partial charge in [-0.1, -0.05) is 11.6 Å². The summed E-state index contributed by atoms with van der Waals surface area (Å²) in [4.78, 5) is 13.7. The molecule has 0 aromatic heterocycles. The van der Waals surface area contributed by atoms with Crippen LogP contribution in [0.25, 0.3) is 0 Å². The maximum atomic E-state index is 11.9. The van der Waals surface area contributed by atoms with Crippen LogP contribution in [-0.4, -0.2) is 40.7 Å². The molecule has 5 heteroatoms. The van der Waals surface area contributed by atoms with Crippen molar-refractivity contribution in [2.75, 3.05) is 13.2 Å². The van der Waals surface area contributed by atoms with E-state index in [-0.39, 0.29) is 29.3 Å². The molecular formula is C10H12ClNO3. The predicted molar refractivity (Wildman–Crippen MR) is 53.1 cm³/mol. The van der Waals surface area contributed by atoms with Gasteiger partial charge in [0.05, 0.1) is 0 Å². The highest BCUT2D eigenvalue weighted by Gasteiger charge is 2.52. The van der Waals surface area contributed by atoms with Gasteiger partial charge in [-0.25, -0.2) is 0 Å². The second-order valence-corrected chi connectivity index (χ2v) is 4.84. The smallest absolute Gasteiger partial charge is 0.269 e. The van der Waals surface area contributed by atoms with Gasteiger partial charge >= 0.3 is 0 Å². The Morgan fingerprint density at radius 2 is 2.40 bits per heavy atom. The number of fused-ring (bicyclic) bond motifs is 2. The summed E-state index contributed by atoms with van der Waals surface area (Å²) in [7, 11) is 0. The highest BCUT2D eigenvalue weighted by Crippen LogP contribution is 2.43. The molecular weight excluding hydrogens is 218 g/mol. The number of carbonyl (C=O) groups is 1. The molecule has 3 aliphatic rings. The molecule has 0 aliphatic carbocycles. The lowest BCUT2D eigenvalue weighted by molar-refractivity contribution is -0.129. The van der Waals surface area contributed by atoms with Crippen molar-refractivity contribution in [3.8, 4) is 0 Å². The number of nitrogens with zero attached hydrogens (tertiary/aromatic N) is 1. The number of aliphatic hydroxyl groups is 1. The van der Waals surface area contributed by atoms with E-state index in [1.54, 1.807) is 4.90 Å². The van der Waals surface area contributed by atoms with Crippen molar-refractivity contribution >= 4 is 17.5 Å². The molecule has 2 saturated heterocycles. The number of ether oxygens (including phenoxy) is 1. The third-order valence-corrected chi connectivity index (χ3v) is 3.81. The fraction of sp³-hybridized carbons (Fsp3) is 0.700. The van der Waals surface area contributed by atoms with Crippen LogP contribution >= 0.6 is 11.6 Å². The Morgan fingerprint density at radius 1 is 1.60 bits per heavy atom. The molecule has 2 fully saturated rings. The van der Waals surface area contributed by atoms with E-state index in [1.807, 2.05) is 0 Å². The predicted octanol–water partition coefficient (Wildman–Crippen LogP) is 0.593. The van der Waals surface area contributed by atoms with Gasteiger partial charge in [-0.3, -0.25) is 4.79 Å². The third kappa shape index (κ3) is 1.15. The van der Waals surface area contributed by atoms with Crippen LogP contribution in [0.2, 0.25) is 0 Å². The van der Waals surface area contributed by atoms with E-state index in [1.165, 1.54) is 0 Å². The fourth-order valence-corrected chi connectivity index (χ4v) is 3.00. The van der Waals surface area contributed by atoms with Gasteiger partial charge < -0.3 is 14.7 Å². The van der Waals surface area contributed by atoms with Crippen LogP contribution in [0.4, 0.5) is 0 Å². The first-order valence-corrected chi connectivity index (χ1v) is 5.56. The zero-order valence-corrected chi connectivity index (χ0v) is 8.96. The highest BCUT2D eigenvalue weighted by molar-refractivity contribution is 6.42. The van der Waals surface area contributed by atoms with Crippen LogP contribution in [0, 0.1) is 0 Å². The Hall–Kier alpha value is -0.740. The molecule has 1 N–H and O–H groups in total. The average Bonchev–Trinajstić information content (AvgIpc) is 2.60. The van der Waals surface area contributed by atoms with E-state index in [4.69, 9.17) is 16.3 Å². The van der Waals surface area contributed by atoms with Crippen LogP contribution in [0.3, 0.4) is 0 Å². The van der Waals surface area contributed by atoms with E-state index in [0.29, 0.717) is 6.42 Å². The maximum Gasteiger partial charge on any atom is 0.269 e. The molecule has 0 spiro atoms. The fourth-order valence-electron chi connectivity index (χ4n) is 2.66. The van der Waals surface area contributed by atoms with Crippen LogP contribution in [0.1, 0.15) is 19.3 Å². The van der Waals surface area contributed by atoms with Gasteiger partial charge in [0.2, 0.25) is 0 Å². The zero-order valence-electron chi connectivity index (χ0n) is 8.20. The van der Waals surface area contributed by atoms with Gasteiger partial charge in [-0.15, -0.1) is 0 Å². The number of carbonyl (C=O) groups excluding carboxylic acids is 1. The van der Waals surface area contributed by atoms with Crippen molar-refractivity contribution < 1.29 is 14.6 Å². The molecule has 0 bridgehead atoms. The van der Waals surface area contributed by atoms with Crippen LogP contribution in [0.5, 0.6) is 0 Å². The van der Waals surface area contributed by atoms with E-state index in [2.05, 4.69) is 0 Å². The summed E-state index contributed by atoms with van der Waals surface area (Å²) in [5.74, 6) is 0.0911. The molecule has 2 atom stereocenters. The summed E-state index contributed by atoms with van der Waals surface area (Å²) < 4.78 is 5.12.